The normalized spacial score (nSPS) is 19.1. The number of aromatic carboxylic acids is 1. The average molecular weight is 413 g/mol. The standard InChI is InChI=1S/C24H29FN2O3/c1-3-26-22-13-20(12-21(25)14-22)24(2,16-28)27-10-4-5-18(15-27)11-17-6-8-19(9-7-17)23(29)30/h6-9,12-14,16,18,26H,3-5,10-11,15H2,1-2H3,(H,29,30)/t18-,24?/m0/s1. The zero-order chi connectivity index (χ0) is 21.7. The molecule has 3 rings (SSSR count). The Kier molecular flexibility index (Phi) is 6.87. The third-order valence-corrected chi connectivity index (χ3v) is 5.99. The molecule has 0 saturated carbocycles. The van der Waals surface area contributed by atoms with Crippen molar-refractivity contribution >= 4 is 17.9 Å². The number of carbonyl (C=O) groups excluding carboxylic acids is 1. The van der Waals surface area contributed by atoms with Crippen LogP contribution in [0.3, 0.4) is 0 Å². The second-order valence-electron chi connectivity index (χ2n) is 8.18. The smallest absolute Gasteiger partial charge is 0.335 e. The number of hydrogen-bond acceptors (Lipinski definition) is 4. The molecule has 0 radical (unpaired) electrons. The van der Waals surface area contributed by atoms with E-state index in [1.165, 1.54) is 12.1 Å². The number of rotatable bonds is 8. The van der Waals surface area contributed by atoms with Crippen LogP contribution in [0.1, 0.15) is 48.2 Å². The van der Waals surface area contributed by atoms with Gasteiger partial charge in [0.2, 0.25) is 0 Å². The summed E-state index contributed by atoms with van der Waals surface area (Å²) in [6.45, 7) is 5.98. The largest absolute Gasteiger partial charge is 0.478 e. The molecule has 2 atom stereocenters. The van der Waals surface area contributed by atoms with Crippen LogP contribution in [0.5, 0.6) is 0 Å². The number of anilines is 1. The summed E-state index contributed by atoms with van der Waals surface area (Å²) in [6, 6.07) is 11.7. The Morgan fingerprint density at radius 2 is 2.03 bits per heavy atom. The quantitative estimate of drug-likeness (QED) is 0.632. The molecule has 5 nitrogen and oxygen atoms in total. The Morgan fingerprint density at radius 1 is 1.30 bits per heavy atom. The molecule has 0 amide bonds. The molecule has 2 N–H and O–H groups in total. The summed E-state index contributed by atoms with van der Waals surface area (Å²) in [6.07, 6.45) is 3.73. The third kappa shape index (κ3) is 4.87. The van der Waals surface area contributed by atoms with Crippen LogP contribution in [-0.2, 0) is 16.8 Å². The molecular formula is C24H29FN2O3. The van der Waals surface area contributed by atoms with Gasteiger partial charge in [-0.25, -0.2) is 9.18 Å². The molecule has 0 aliphatic carbocycles. The molecule has 1 heterocycles. The van der Waals surface area contributed by atoms with E-state index in [2.05, 4.69) is 10.2 Å². The summed E-state index contributed by atoms with van der Waals surface area (Å²) >= 11 is 0. The molecule has 0 aromatic heterocycles. The average Bonchev–Trinajstić information content (AvgIpc) is 2.73. The third-order valence-electron chi connectivity index (χ3n) is 5.99. The molecule has 1 unspecified atom stereocenters. The molecule has 6 heteroatoms. The number of carboxylic acid groups (broad SMARTS) is 1. The monoisotopic (exact) mass is 412 g/mol. The Bertz CT molecular complexity index is 900. The summed E-state index contributed by atoms with van der Waals surface area (Å²) in [7, 11) is 0. The number of carboxylic acids is 1. The topological polar surface area (TPSA) is 69.6 Å². The van der Waals surface area contributed by atoms with Gasteiger partial charge in [0.25, 0.3) is 0 Å². The molecule has 1 aliphatic rings. The molecule has 1 aliphatic heterocycles. The molecule has 160 valence electrons. The first-order chi connectivity index (χ1) is 14.4. The first-order valence-electron chi connectivity index (χ1n) is 10.4. The number of benzene rings is 2. The molecule has 2 aromatic rings. The summed E-state index contributed by atoms with van der Waals surface area (Å²) in [5, 5.41) is 12.2. The van der Waals surface area contributed by atoms with Crippen LogP contribution in [0.15, 0.2) is 42.5 Å². The molecular weight excluding hydrogens is 383 g/mol. The van der Waals surface area contributed by atoms with Crippen molar-refractivity contribution in [1.29, 1.82) is 0 Å². The second-order valence-corrected chi connectivity index (χ2v) is 8.18. The predicted octanol–water partition coefficient (Wildman–Crippen LogP) is 4.32. The molecule has 2 aromatic carbocycles. The predicted molar refractivity (Wildman–Crippen MR) is 115 cm³/mol. The van der Waals surface area contributed by atoms with Crippen molar-refractivity contribution in [2.45, 2.75) is 38.6 Å². The van der Waals surface area contributed by atoms with Gasteiger partial charge >= 0.3 is 5.97 Å². The number of carbonyl (C=O) groups is 2. The zero-order valence-electron chi connectivity index (χ0n) is 17.5. The van der Waals surface area contributed by atoms with Crippen molar-refractivity contribution in [1.82, 2.24) is 4.90 Å². The SMILES string of the molecule is CCNc1cc(F)cc(C(C)(C=O)N2CCC[C@@H](Cc3ccc(C(=O)O)cc3)C2)c1. The van der Waals surface area contributed by atoms with Gasteiger partial charge in [-0.05, 0) is 87.0 Å². The number of nitrogens with zero attached hydrogens (tertiary/aromatic N) is 1. The summed E-state index contributed by atoms with van der Waals surface area (Å²) in [5.74, 6) is -0.946. The van der Waals surface area contributed by atoms with E-state index in [-0.39, 0.29) is 11.4 Å². The first kappa shape index (κ1) is 22.0. The van der Waals surface area contributed by atoms with Crippen molar-refractivity contribution in [2.24, 2.45) is 5.92 Å². The Morgan fingerprint density at radius 3 is 2.67 bits per heavy atom. The number of nitrogens with one attached hydrogen (secondary N) is 1. The highest BCUT2D eigenvalue weighted by molar-refractivity contribution is 5.87. The van der Waals surface area contributed by atoms with E-state index in [1.54, 1.807) is 12.1 Å². The van der Waals surface area contributed by atoms with Crippen LogP contribution in [0.2, 0.25) is 0 Å². The fourth-order valence-corrected chi connectivity index (χ4v) is 4.28. The summed E-state index contributed by atoms with van der Waals surface area (Å²) in [5.41, 5.74) is 1.78. The second kappa shape index (κ2) is 9.39. The van der Waals surface area contributed by atoms with Gasteiger partial charge in [0.1, 0.15) is 12.1 Å². The van der Waals surface area contributed by atoms with Crippen LogP contribution in [0.4, 0.5) is 10.1 Å². The minimum atomic E-state index is -0.931. The van der Waals surface area contributed by atoms with Gasteiger partial charge in [0.15, 0.2) is 0 Å². The van der Waals surface area contributed by atoms with Gasteiger partial charge in [-0.15, -0.1) is 0 Å². The van der Waals surface area contributed by atoms with Crippen LogP contribution in [0, 0.1) is 11.7 Å². The van der Waals surface area contributed by atoms with E-state index < -0.39 is 11.5 Å². The highest BCUT2D eigenvalue weighted by atomic mass is 19.1. The maximum Gasteiger partial charge on any atom is 0.335 e. The van der Waals surface area contributed by atoms with E-state index in [9.17, 15) is 14.0 Å². The number of halogens is 1. The van der Waals surface area contributed by atoms with Gasteiger partial charge in [-0.3, -0.25) is 4.90 Å². The number of likely N-dealkylation sites (tertiary alicyclic amines) is 1. The number of aldehydes is 1. The minimum absolute atomic E-state index is 0.278. The maximum atomic E-state index is 14.2. The first-order valence-corrected chi connectivity index (χ1v) is 10.4. The van der Waals surface area contributed by atoms with Crippen LogP contribution in [-0.4, -0.2) is 41.9 Å². The van der Waals surface area contributed by atoms with Crippen molar-refractivity contribution < 1.29 is 19.1 Å². The lowest BCUT2D eigenvalue weighted by Gasteiger charge is -2.43. The molecule has 0 bridgehead atoms. The molecule has 30 heavy (non-hydrogen) atoms. The van der Waals surface area contributed by atoms with Gasteiger partial charge in [-0.2, -0.15) is 0 Å². The van der Waals surface area contributed by atoms with Crippen LogP contribution < -0.4 is 5.32 Å². The fourth-order valence-electron chi connectivity index (χ4n) is 4.28. The van der Waals surface area contributed by atoms with E-state index in [1.807, 2.05) is 32.0 Å². The molecule has 0 spiro atoms. The van der Waals surface area contributed by atoms with E-state index in [0.29, 0.717) is 23.7 Å². The zero-order valence-corrected chi connectivity index (χ0v) is 17.5. The van der Waals surface area contributed by atoms with Crippen molar-refractivity contribution in [3.8, 4) is 0 Å². The number of piperidine rings is 1. The fraction of sp³-hybridized carbons (Fsp3) is 0.417. The van der Waals surface area contributed by atoms with Crippen molar-refractivity contribution in [2.75, 3.05) is 25.0 Å². The number of hydrogen-bond donors (Lipinski definition) is 2. The molecule has 1 saturated heterocycles. The van der Waals surface area contributed by atoms with Gasteiger partial charge in [0.05, 0.1) is 11.1 Å². The van der Waals surface area contributed by atoms with Crippen LogP contribution >= 0.6 is 0 Å². The molecule has 1 fully saturated rings. The Labute approximate surface area is 176 Å². The highest BCUT2D eigenvalue weighted by Gasteiger charge is 2.37. The van der Waals surface area contributed by atoms with E-state index >= 15 is 0 Å². The van der Waals surface area contributed by atoms with Crippen molar-refractivity contribution in [3.05, 3.63) is 65.0 Å². The minimum Gasteiger partial charge on any atom is -0.478 e. The van der Waals surface area contributed by atoms with Crippen LogP contribution in [0.25, 0.3) is 0 Å². The van der Waals surface area contributed by atoms with Gasteiger partial charge in [0, 0.05) is 18.8 Å². The van der Waals surface area contributed by atoms with E-state index in [0.717, 1.165) is 44.2 Å². The lowest BCUT2D eigenvalue weighted by Crippen LogP contribution is -2.50. The summed E-state index contributed by atoms with van der Waals surface area (Å²) < 4.78 is 14.2. The van der Waals surface area contributed by atoms with Gasteiger partial charge < -0.3 is 15.2 Å². The van der Waals surface area contributed by atoms with Crippen molar-refractivity contribution in [3.63, 3.8) is 0 Å². The lowest BCUT2D eigenvalue weighted by molar-refractivity contribution is -0.119. The Hall–Kier alpha value is -2.73. The highest BCUT2D eigenvalue weighted by Crippen LogP contribution is 2.34. The maximum absolute atomic E-state index is 14.2. The summed E-state index contributed by atoms with van der Waals surface area (Å²) in [4.78, 5) is 25.4. The Balaban J connectivity index is 1.78. The lowest BCUT2D eigenvalue weighted by atomic mass is 9.85. The van der Waals surface area contributed by atoms with Gasteiger partial charge in [-0.1, -0.05) is 12.1 Å². The van der Waals surface area contributed by atoms with E-state index in [4.69, 9.17) is 5.11 Å².